The number of Topliss-reactive ketones (excluding diaryl/α,β-unsaturated/α-hetero) is 1. The quantitative estimate of drug-likeness (QED) is 0.346. The molecule has 2 rings (SSSR count). The third-order valence-corrected chi connectivity index (χ3v) is 5.34. The molecular weight excluding hydrogens is 403 g/mol. The molecule has 0 amide bonds. The average molecular weight is 433 g/mol. The Morgan fingerprint density at radius 1 is 1.06 bits per heavy atom. The Kier molecular flexibility index (Phi) is 9.08. The first-order chi connectivity index (χ1) is 15.3. The van der Waals surface area contributed by atoms with E-state index >= 15 is 0 Å². The number of allylic oxidation sites excluding steroid dienone is 11. The number of hydrogen-bond acceptors (Lipinski definition) is 3. The Hall–Kier alpha value is -3.53. The molecule has 0 saturated heterocycles. The predicted molar refractivity (Wildman–Crippen MR) is 129 cm³/mol. The van der Waals surface area contributed by atoms with Crippen LogP contribution in [0.4, 0.5) is 4.39 Å². The van der Waals surface area contributed by atoms with E-state index in [1.54, 1.807) is 6.08 Å². The van der Waals surface area contributed by atoms with Gasteiger partial charge in [-0.15, -0.1) is 0 Å². The molecular formula is C28H29FO3. The molecule has 0 saturated carbocycles. The van der Waals surface area contributed by atoms with Gasteiger partial charge in [0, 0.05) is 10.8 Å². The first kappa shape index (κ1) is 24.7. The summed E-state index contributed by atoms with van der Waals surface area (Å²) >= 11 is 0. The van der Waals surface area contributed by atoms with Gasteiger partial charge in [-0.05, 0) is 61.1 Å². The van der Waals surface area contributed by atoms with Crippen molar-refractivity contribution in [3.63, 3.8) is 0 Å². The molecule has 1 aliphatic carbocycles. The van der Waals surface area contributed by atoms with Crippen molar-refractivity contribution in [1.29, 1.82) is 0 Å². The van der Waals surface area contributed by atoms with Crippen molar-refractivity contribution in [2.24, 2.45) is 0 Å². The van der Waals surface area contributed by atoms with E-state index in [4.69, 9.17) is 0 Å². The first-order valence-electron chi connectivity index (χ1n) is 10.5. The lowest BCUT2D eigenvalue weighted by Crippen LogP contribution is -2.29. The summed E-state index contributed by atoms with van der Waals surface area (Å²) in [6, 6.07) is 7.48. The van der Waals surface area contributed by atoms with Crippen molar-refractivity contribution < 1.29 is 19.1 Å². The SMILES string of the molecule is C=C(F)/C(=C\C/C=C(\C)C1=CCC=C(/C(C)=c2\cccc\c2=C(/O)CC=O)C=C1)C(C)=O. The Morgan fingerprint density at radius 2 is 1.69 bits per heavy atom. The van der Waals surface area contributed by atoms with Crippen molar-refractivity contribution in [3.8, 4) is 0 Å². The molecule has 1 aromatic carbocycles. The summed E-state index contributed by atoms with van der Waals surface area (Å²) in [5.74, 6) is -0.998. The highest BCUT2D eigenvalue weighted by Gasteiger charge is 2.07. The fraction of sp³-hybridized carbons (Fsp3) is 0.214. The van der Waals surface area contributed by atoms with E-state index in [0.717, 1.165) is 33.9 Å². The normalized spacial score (nSPS) is 16.5. The van der Waals surface area contributed by atoms with Gasteiger partial charge in [-0.2, -0.15) is 0 Å². The maximum Gasteiger partial charge on any atom is 0.162 e. The molecule has 0 heterocycles. The molecule has 1 aliphatic rings. The maximum absolute atomic E-state index is 13.4. The number of aliphatic hydroxyl groups excluding tert-OH is 1. The van der Waals surface area contributed by atoms with Gasteiger partial charge in [-0.25, -0.2) is 4.39 Å². The Bertz CT molecular complexity index is 1170. The smallest absolute Gasteiger partial charge is 0.162 e. The summed E-state index contributed by atoms with van der Waals surface area (Å²) in [6.45, 7) is 8.51. The van der Waals surface area contributed by atoms with Crippen LogP contribution in [0.5, 0.6) is 0 Å². The van der Waals surface area contributed by atoms with Gasteiger partial charge in [-0.1, -0.05) is 67.3 Å². The van der Waals surface area contributed by atoms with Crippen LogP contribution in [-0.4, -0.2) is 17.2 Å². The lowest BCUT2D eigenvalue weighted by atomic mass is 10.0. The number of rotatable bonds is 8. The predicted octanol–water partition coefficient (Wildman–Crippen LogP) is 5.26. The van der Waals surface area contributed by atoms with E-state index in [2.05, 4.69) is 18.7 Å². The molecule has 0 aliphatic heterocycles. The van der Waals surface area contributed by atoms with E-state index in [9.17, 15) is 19.1 Å². The van der Waals surface area contributed by atoms with E-state index in [1.165, 1.54) is 6.92 Å². The van der Waals surface area contributed by atoms with E-state index in [0.29, 0.717) is 17.9 Å². The summed E-state index contributed by atoms with van der Waals surface area (Å²) in [7, 11) is 0. The van der Waals surface area contributed by atoms with Crippen LogP contribution in [0, 0.1) is 0 Å². The first-order valence-corrected chi connectivity index (χ1v) is 10.5. The zero-order chi connectivity index (χ0) is 23.7. The number of hydrogen-bond donors (Lipinski definition) is 1. The molecule has 0 unspecified atom stereocenters. The molecule has 0 aromatic heterocycles. The number of aliphatic hydroxyl groups is 1. The molecule has 1 aromatic rings. The zero-order valence-corrected chi connectivity index (χ0v) is 18.8. The van der Waals surface area contributed by atoms with Crippen molar-refractivity contribution >= 4 is 23.4 Å². The number of carbonyl (C=O) groups excluding carboxylic acids is 2. The second-order valence-electron chi connectivity index (χ2n) is 7.58. The highest BCUT2D eigenvalue weighted by molar-refractivity contribution is 5.96. The summed E-state index contributed by atoms with van der Waals surface area (Å²) in [5.41, 5.74) is 4.12. The third-order valence-electron chi connectivity index (χ3n) is 5.34. The molecule has 4 heteroatoms. The van der Waals surface area contributed by atoms with Crippen LogP contribution in [-0.2, 0) is 9.59 Å². The minimum absolute atomic E-state index is 0.0157. The molecule has 0 bridgehead atoms. The zero-order valence-electron chi connectivity index (χ0n) is 18.8. The number of ketones is 1. The Labute approximate surface area is 188 Å². The fourth-order valence-electron chi connectivity index (χ4n) is 3.52. The van der Waals surface area contributed by atoms with Gasteiger partial charge in [0.15, 0.2) is 5.78 Å². The molecule has 3 nitrogen and oxygen atoms in total. The second-order valence-corrected chi connectivity index (χ2v) is 7.58. The third kappa shape index (κ3) is 6.48. The van der Waals surface area contributed by atoms with Crippen molar-refractivity contribution in [2.45, 2.75) is 40.0 Å². The fourth-order valence-corrected chi connectivity index (χ4v) is 3.52. The van der Waals surface area contributed by atoms with Gasteiger partial charge in [0.25, 0.3) is 0 Å². The number of benzene rings is 1. The van der Waals surface area contributed by atoms with Crippen LogP contribution in [0.15, 0.2) is 95.4 Å². The maximum atomic E-state index is 13.4. The standard InChI is InChI=1S/C28H29FO3/c1-19(9-7-14-26(21(3)29)22(4)31)23-10-8-11-24(16-15-23)20(2)25-12-5-6-13-27(25)28(32)17-18-30/h5-6,9-16,18,32H,3,7-8,17H2,1-2,4H3/b19-9+,25-20+,26-14+,28-27+. The molecule has 1 N–H and O–H groups in total. The number of aldehydes is 1. The largest absolute Gasteiger partial charge is 0.511 e. The Morgan fingerprint density at radius 3 is 2.31 bits per heavy atom. The van der Waals surface area contributed by atoms with E-state index < -0.39 is 5.83 Å². The molecule has 32 heavy (non-hydrogen) atoms. The average Bonchev–Trinajstić information content (AvgIpc) is 3.02. The van der Waals surface area contributed by atoms with Gasteiger partial charge in [0.05, 0.1) is 6.42 Å². The van der Waals surface area contributed by atoms with Gasteiger partial charge in [0.2, 0.25) is 0 Å². The summed E-state index contributed by atoms with van der Waals surface area (Å²) in [6.07, 6.45) is 13.6. The van der Waals surface area contributed by atoms with Crippen molar-refractivity contribution in [2.75, 3.05) is 0 Å². The molecule has 0 fully saturated rings. The number of halogens is 1. The summed E-state index contributed by atoms with van der Waals surface area (Å²) < 4.78 is 13.4. The van der Waals surface area contributed by atoms with Crippen LogP contribution in [0.2, 0.25) is 0 Å². The van der Waals surface area contributed by atoms with Crippen LogP contribution in [0.1, 0.15) is 40.0 Å². The molecule has 0 atom stereocenters. The van der Waals surface area contributed by atoms with Gasteiger partial charge >= 0.3 is 0 Å². The molecule has 166 valence electrons. The van der Waals surface area contributed by atoms with E-state index in [-0.39, 0.29) is 23.5 Å². The highest BCUT2D eigenvalue weighted by Crippen LogP contribution is 2.22. The summed E-state index contributed by atoms with van der Waals surface area (Å²) in [5, 5.41) is 11.8. The lowest BCUT2D eigenvalue weighted by Gasteiger charge is -2.05. The molecule has 0 radical (unpaired) electrons. The van der Waals surface area contributed by atoms with E-state index in [1.807, 2.05) is 56.3 Å². The van der Waals surface area contributed by atoms with Crippen LogP contribution in [0.3, 0.4) is 0 Å². The highest BCUT2D eigenvalue weighted by atomic mass is 19.1. The van der Waals surface area contributed by atoms with Gasteiger partial charge in [-0.3, -0.25) is 4.79 Å². The minimum atomic E-state index is -0.714. The van der Waals surface area contributed by atoms with Crippen LogP contribution >= 0.6 is 0 Å². The lowest BCUT2D eigenvalue weighted by molar-refractivity contribution is -0.113. The monoisotopic (exact) mass is 432 g/mol. The summed E-state index contributed by atoms with van der Waals surface area (Å²) in [4.78, 5) is 22.3. The van der Waals surface area contributed by atoms with Crippen LogP contribution < -0.4 is 10.4 Å². The van der Waals surface area contributed by atoms with Crippen molar-refractivity contribution in [1.82, 2.24) is 0 Å². The van der Waals surface area contributed by atoms with Crippen molar-refractivity contribution in [3.05, 3.63) is 106 Å². The van der Waals surface area contributed by atoms with Crippen LogP contribution in [0.25, 0.3) is 11.3 Å². The van der Waals surface area contributed by atoms with Gasteiger partial charge < -0.3 is 9.90 Å². The number of carbonyl (C=O) groups is 2. The molecule has 0 spiro atoms. The van der Waals surface area contributed by atoms with Gasteiger partial charge in [0.1, 0.15) is 17.9 Å². The Balaban J connectivity index is 2.33. The minimum Gasteiger partial charge on any atom is -0.511 e. The topological polar surface area (TPSA) is 54.4 Å². The second kappa shape index (κ2) is 11.8.